The Kier molecular flexibility index (Phi) is 6.64. The lowest BCUT2D eigenvalue weighted by Crippen LogP contribution is -2.14. The number of phenolic OH excluding ortho intramolecular Hbond substituents is 1. The van der Waals surface area contributed by atoms with Crippen molar-refractivity contribution in [3.05, 3.63) is 64.0 Å². The van der Waals surface area contributed by atoms with Crippen molar-refractivity contribution in [2.24, 2.45) is 0 Å². The summed E-state index contributed by atoms with van der Waals surface area (Å²) in [5.41, 5.74) is 2.38. The normalized spacial score (nSPS) is 10.7. The standard InChI is InChI=1S/C21H17Cl2FN2O4/c1-2-11-4-3-5-12(8-11)14-9-13(6-7-15(14)27)30-19-17(22)20(24)26-21(18(19)23)25-10-16(28)29/h3-9,27H,2,10H2,1H3,(H,25,26)(H,28,29). The van der Waals surface area contributed by atoms with Crippen LogP contribution in [0.3, 0.4) is 0 Å². The number of phenols is 1. The minimum atomic E-state index is -1.18. The number of aryl methyl sites for hydroxylation is 1. The second-order valence-corrected chi connectivity index (χ2v) is 7.05. The molecule has 3 N–H and O–H groups in total. The molecule has 0 fully saturated rings. The highest BCUT2D eigenvalue weighted by Crippen LogP contribution is 2.42. The van der Waals surface area contributed by atoms with Crippen molar-refractivity contribution in [3.63, 3.8) is 0 Å². The number of carboxylic acids is 1. The summed E-state index contributed by atoms with van der Waals surface area (Å²) in [5.74, 6) is -2.41. The molecule has 3 aromatic rings. The molecule has 2 aromatic carbocycles. The first-order chi connectivity index (χ1) is 14.3. The molecule has 0 aliphatic heterocycles. The zero-order valence-electron chi connectivity index (χ0n) is 15.7. The van der Waals surface area contributed by atoms with Crippen molar-refractivity contribution in [1.29, 1.82) is 0 Å². The lowest BCUT2D eigenvalue weighted by molar-refractivity contribution is -0.134. The van der Waals surface area contributed by atoms with Gasteiger partial charge in [-0.15, -0.1) is 0 Å². The number of carbonyl (C=O) groups is 1. The van der Waals surface area contributed by atoms with E-state index >= 15 is 0 Å². The number of aromatic hydroxyl groups is 1. The van der Waals surface area contributed by atoms with Crippen LogP contribution in [0.25, 0.3) is 11.1 Å². The molecular weight excluding hydrogens is 434 g/mol. The van der Waals surface area contributed by atoms with E-state index in [1.54, 1.807) is 6.07 Å². The predicted molar refractivity (Wildman–Crippen MR) is 113 cm³/mol. The Balaban J connectivity index is 1.99. The van der Waals surface area contributed by atoms with Gasteiger partial charge in [0.15, 0.2) is 11.6 Å². The van der Waals surface area contributed by atoms with Crippen molar-refractivity contribution in [1.82, 2.24) is 4.98 Å². The summed E-state index contributed by atoms with van der Waals surface area (Å²) in [6.07, 6.45) is 0.832. The SMILES string of the molecule is CCc1cccc(-c2cc(Oc3c(Cl)c(F)nc(NCC(=O)O)c3Cl)ccc2O)c1. The second-order valence-electron chi connectivity index (χ2n) is 6.29. The molecule has 0 saturated carbocycles. The Bertz CT molecular complexity index is 1110. The van der Waals surface area contributed by atoms with Crippen molar-refractivity contribution in [2.75, 3.05) is 11.9 Å². The molecule has 0 amide bonds. The first-order valence-electron chi connectivity index (χ1n) is 8.90. The average Bonchev–Trinajstić information content (AvgIpc) is 2.73. The summed E-state index contributed by atoms with van der Waals surface area (Å²) in [5, 5.41) is 20.9. The Morgan fingerprint density at radius 1 is 1.20 bits per heavy atom. The van der Waals surface area contributed by atoms with Gasteiger partial charge in [-0.2, -0.15) is 9.37 Å². The van der Waals surface area contributed by atoms with Crippen LogP contribution in [0.4, 0.5) is 10.2 Å². The Labute approximate surface area is 181 Å². The quantitative estimate of drug-likeness (QED) is 0.396. The molecule has 0 radical (unpaired) electrons. The highest BCUT2D eigenvalue weighted by molar-refractivity contribution is 6.38. The maximum Gasteiger partial charge on any atom is 0.322 e. The first kappa shape index (κ1) is 21.7. The van der Waals surface area contributed by atoms with Crippen molar-refractivity contribution < 1.29 is 24.1 Å². The van der Waals surface area contributed by atoms with E-state index < -0.39 is 23.5 Å². The number of aliphatic carboxylic acids is 1. The van der Waals surface area contributed by atoms with Crippen molar-refractivity contribution in [3.8, 4) is 28.4 Å². The summed E-state index contributed by atoms with van der Waals surface area (Å²) in [7, 11) is 0. The van der Waals surface area contributed by atoms with E-state index in [2.05, 4.69) is 10.3 Å². The molecule has 0 saturated heterocycles. The number of pyridine rings is 1. The number of ether oxygens (including phenoxy) is 1. The number of halogens is 3. The van der Waals surface area contributed by atoms with Gasteiger partial charge >= 0.3 is 5.97 Å². The Morgan fingerprint density at radius 2 is 1.97 bits per heavy atom. The maximum atomic E-state index is 14.1. The predicted octanol–water partition coefficient (Wildman–Crippen LogP) is 5.75. The third-order valence-corrected chi connectivity index (χ3v) is 4.92. The van der Waals surface area contributed by atoms with Gasteiger partial charge in [-0.1, -0.05) is 54.4 Å². The van der Waals surface area contributed by atoms with Gasteiger partial charge in [0.2, 0.25) is 5.95 Å². The minimum absolute atomic E-state index is 0.0394. The molecule has 30 heavy (non-hydrogen) atoms. The fourth-order valence-electron chi connectivity index (χ4n) is 2.75. The van der Waals surface area contributed by atoms with Gasteiger partial charge in [0.1, 0.15) is 28.1 Å². The van der Waals surface area contributed by atoms with E-state index in [0.717, 1.165) is 17.5 Å². The molecule has 3 rings (SSSR count). The summed E-state index contributed by atoms with van der Waals surface area (Å²) in [4.78, 5) is 14.3. The van der Waals surface area contributed by atoms with Gasteiger partial charge in [-0.25, -0.2) is 0 Å². The van der Waals surface area contributed by atoms with E-state index in [-0.39, 0.29) is 28.1 Å². The van der Waals surface area contributed by atoms with Crippen molar-refractivity contribution in [2.45, 2.75) is 13.3 Å². The van der Waals surface area contributed by atoms with Crippen molar-refractivity contribution >= 4 is 35.0 Å². The van der Waals surface area contributed by atoms with Crippen LogP contribution in [0, 0.1) is 5.95 Å². The molecule has 0 aliphatic carbocycles. The number of rotatable bonds is 7. The smallest absolute Gasteiger partial charge is 0.322 e. The molecule has 6 nitrogen and oxygen atoms in total. The first-order valence-corrected chi connectivity index (χ1v) is 9.66. The number of anilines is 1. The zero-order chi connectivity index (χ0) is 21.8. The van der Waals surface area contributed by atoms with E-state index in [4.69, 9.17) is 33.0 Å². The molecule has 0 spiro atoms. The van der Waals surface area contributed by atoms with Gasteiger partial charge in [-0.3, -0.25) is 4.79 Å². The molecule has 0 atom stereocenters. The molecule has 0 unspecified atom stereocenters. The minimum Gasteiger partial charge on any atom is -0.507 e. The fraction of sp³-hybridized carbons (Fsp3) is 0.143. The van der Waals surface area contributed by atoms with Crippen LogP contribution in [-0.4, -0.2) is 27.7 Å². The number of nitrogens with one attached hydrogen (secondary N) is 1. The third kappa shape index (κ3) is 4.75. The van der Waals surface area contributed by atoms with Crippen LogP contribution in [0.1, 0.15) is 12.5 Å². The summed E-state index contributed by atoms with van der Waals surface area (Å²) in [6.45, 7) is 1.50. The number of carboxylic acid groups (broad SMARTS) is 1. The number of hydrogen-bond acceptors (Lipinski definition) is 5. The van der Waals surface area contributed by atoms with Gasteiger partial charge < -0.3 is 20.3 Å². The number of benzene rings is 2. The lowest BCUT2D eigenvalue weighted by atomic mass is 10.0. The summed E-state index contributed by atoms with van der Waals surface area (Å²) >= 11 is 12.2. The monoisotopic (exact) mass is 450 g/mol. The van der Waals surface area contributed by atoms with E-state index in [9.17, 15) is 14.3 Å². The van der Waals surface area contributed by atoms with Crippen LogP contribution in [-0.2, 0) is 11.2 Å². The molecule has 0 bridgehead atoms. The summed E-state index contributed by atoms with van der Waals surface area (Å²) < 4.78 is 19.8. The Morgan fingerprint density at radius 3 is 2.67 bits per heavy atom. The fourth-order valence-corrected chi connectivity index (χ4v) is 3.21. The van der Waals surface area contributed by atoms with Crippen LogP contribution < -0.4 is 10.1 Å². The van der Waals surface area contributed by atoms with E-state index in [0.29, 0.717) is 5.56 Å². The average molecular weight is 451 g/mol. The zero-order valence-corrected chi connectivity index (χ0v) is 17.3. The molecule has 1 aromatic heterocycles. The van der Waals surface area contributed by atoms with Gasteiger partial charge in [-0.05, 0) is 35.7 Å². The second kappa shape index (κ2) is 9.19. The van der Waals surface area contributed by atoms with Gasteiger partial charge in [0.25, 0.3) is 0 Å². The maximum absolute atomic E-state index is 14.1. The molecule has 9 heteroatoms. The third-order valence-electron chi connectivity index (χ3n) is 4.24. The van der Waals surface area contributed by atoms with E-state index in [1.807, 2.05) is 31.2 Å². The highest BCUT2D eigenvalue weighted by Gasteiger charge is 2.21. The largest absolute Gasteiger partial charge is 0.507 e. The van der Waals surface area contributed by atoms with E-state index in [1.165, 1.54) is 12.1 Å². The van der Waals surface area contributed by atoms with Crippen LogP contribution in [0.15, 0.2) is 42.5 Å². The van der Waals surface area contributed by atoms with Crippen LogP contribution in [0.5, 0.6) is 17.2 Å². The number of nitrogens with zero attached hydrogens (tertiary/aromatic N) is 1. The molecular formula is C21H17Cl2FN2O4. The van der Waals surface area contributed by atoms with Gasteiger partial charge in [0, 0.05) is 5.56 Å². The Hall–Kier alpha value is -3.03. The molecule has 0 aliphatic rings. The number of hydrogen-bond donors (Lipinski definition) is 3. The van der Waals surface area contributed by atoms with Crippen LogP contribution in [0.2, 0.25) is 10.0 Å². The molecule has 1 heterocycles. The number of aromatic nitrogens is 1. The summed E-state index contributed by atoms with van der Waals surface area (Å²) in [6, 6.07) is 12.1. The highest BCUT2D eigenvalue weighted by atomic mass is 35.5. The lowest BCUT2D eigenvalue weighted by Gasteiger charge is -2.15. The molecule has 156 valence electrons. The van der Waals surface area contributed by atoms with Crippen LogP contribution >= 0.6 is 23.2 Å². The topological polar surface area (TPSA) is 91.7 Å². The van der Waals surface area contributed by atoms with Gasteiger partial charge in [0.05, 0.1) is 0 Å².